The third kappa shape index (κ3) is 10.6. The van der Waals surface area contributed by atoms with Crippen molar-refractivity contribution in [3.8, 4) is 55.6 Å². The summed E-state index contributed by atoms with van der Waals surface area (Å²) in [6, 6.07) is 89.2. The number of fused-ring (bicyclic) bond motifs is 7. The molecule has 0 atom stereocenters. The standard InChI is InChI=1S/2C28H23.C12H7Si.2ClH.Zr/c2*1-2-9-20-18-22-12-8-17-27(28(22)19-20)26-15-6-5-14-25(26)24-16-7-11-21-10-3-4-13-23(21)24;1-3-7-11-9(5-1)10-6-2-4-8-12(10)13-11;;;/h2*3-8,10-19H,2,9H2,1H3;1-7H;2*1H;/q3*-1;;;+2/p-2. The molecular formula is C68H53Cl2SiZr-3. The van der Waals surface area contributed by atoms with Gasteiger partial charge < -0.3 is 0 Å². The first-order chi connectivity index (χ1) is 35.6. The minimum absolute atomic E-state index is 0.795. The number of hydrogen-bond acceptors (Lipinski definition) is 0. The van der Waals surface area contributed by atoms with Crippen LogP contribution in [0.4, 0.5) is 0 Å². The largest absolute Gasteiger partial charge is 0.184 e. The fraction of sp³-hybridized carbons (Fsp3) is 0.0882. The van der Waals surface area contributed by atoms with Crippen molar-refractivity contribution in [2.75, 3.05) is 0 Å². The Labute approximate surface area is 446 Å². The molecule has 4 heteroatoms. The third-order valence-electron chi connectivity index (χ3n) is 13.6. The van der Waals surface area contributed by atoms with Crippen LogP contribution in [0.3, 0.4) is 0 Å². The summed E-state index contributed by atoms with van der Waals surface area (Å²) in [5, 5.41) is 13.4. The van der Waals surface area contributed by atoms with Crippen LogP contribution < -0.4 is 10.4 Å². The maximum absolute atomic E-state index is 4.93. The average molecular weight is 1060 g/mol. The second kappa shape index (κ2) is 23.4. The first-order valence-electron chi connectivity index (χ1n) is 24.9. The van der Waals surface area contributed by atoms with Crippen LogP contribution in [0, 0.1) is 6.07 Å². The molecule has 0 unspecified atom stereocenters. The fourth-order valence-corrected chi connectivity index (χ4v) is 11.8. The van der Waals surface area contributed by atoms with E-state index in [-0.39, 0.29) is 0 Å². The van der Waals surface area contributed by atoms with Gasteiger partial charge in [-0.25, -0.2) is 0 Å². The Balaban J connectivity index is 0.000000128. The van der Waals surface area contributed by atoms with E-state index in [1.54, 1.807) is 0 Å². The van der Waals surface area contributed by atoms with Gasteiger partial charge in [0.05, 0.1) is 9.52 Å². The van der Waals surface area contributed by atoms with Gasteiger partial charge in [0.15, 0.2) is 0 Å². The van der Waals surface area contributed by atoms with E-state index in [2.05, 4.69) is 250 Å². The monoisotopic (exact) mass is 1060 g/mol. The molecule has 1 aliphatic heterocycles. The Morgan fingerprint density at radius 1 is 0.389 bits per heavy atom. The molecule has 0 spiro atoms. The van der Waals surface area contributed by atoms with Crippen LogP contribution in [0.2, 0.25) is 0 Å². The van der Waals surface area contributed by atoms with Gasteiger partial charge in [0.25, 0.3) is 0 Å². The zero-order chi connectivity index (χ0) is 49.2. The molecule has 2 radical (unpaired) electrons. The summed E-state index contributed by atoms with van der Waals surface area (Å²) in [6.45, 7) is 4.49. The van der Waals surface area contributed by atoms with Crippen molar-refractivity contribution < 1.29 is 20.8 Å². The van der Waals surface area contributed by atoms with Crippen LogP contribution in [0.15, 0.2) is 237 Å². The second-order valence-corrected chi connectivity index (χ2v) is 23.2. The summed E-state index contributed by atoms with van der Waals surface area (Å²) in [4.78, 5) is 0. The number of rotatable bonds is 8. The van der Waals surface area contributed by atoms with Crippen molar-refractivity contribution in [3.05, 3.63) is 254 Å². The molecule has 0 bridgehead atoms. The summed E-state index contributed by atoms with van der Waals surface area (Å²) < 4.78 is 0. The summed E-state index contributed by atoms with van der Waals surface area (Å²) in [7, 11) is 10.7. The Morgan fingerprint density at radius 3 is 1.22 bits per heavy atom. The van der Waals surface area contributed by atoms with Crippen LogP contribution in [0.5, 0.6) is 0 Å². The summed E-state index contributed by atoms with van der Waals surface area (Å²) in [5.41, 5.74) is 16.1. The quantitative estimate of drug-likeness (QED) is 0.105. The van der Waals surface area contributed by atoms with Crippen LogP contribution in [-0.2, 0) is 33.7 Å². The Bertz CT molecular complexity index is 3530. The van der Waals surface area contributed by atoms with Crippen LogP contribution >= 0.6 is 17.0 Å². The smallest absolute Gasteiger partial charge is 0.0920 e. The Morgan fingerprint density at radius 2 is 0.750 bits per heavy atom. The van der Waals surface area contributed by atoms with Gasteiger partial charge >= 0.3 is 37.9 Å². The number of benzene rings is 10. The molecule has 0 aliphatic carbocycles. The van der Waals surface area contributed by atoms with Gasteiger partial charge in [-0.3, -0.25) is 0 Å². The first kappa shape index (κ1) is 49.2. The molecule has 0 nitrogen and oxygen atoms in total. The van der Waals surface area contributed by atoms with Crippen molar-refractivity contribution in [2.45, 2.75) is 39.5 Å². The number of halogens is 2. The molecule has 12 aromatic carbocycles. The van der Waals surface area contributed by atoms with Crippen molar-refractivity contribution in [1.29, 1.82) is 0 Å². The minimum Gasteiger partial charge on any atom is -0.184 e. The van der Waals surface area contributed by atoms with E-state index in [0.717, 1.165) is 22.4 Å². The van der Waals surface area contributed by atoms with E-state index >= 15 is 0 Å². The van der Waals surface area contributed by atoms with Gasteiger partial charge in [-0.15, -0.1) is 74.6 Å². The van der Waals surface area contributed by atoms with Crippen LogP contribution in [-0.4, -0.2) is 9.52 Å². The maximum atomic E-state index is 4.93. The normalized spacial score (nSPS) is 11.2. The van der Waals surface area contributed by atoms with Crippen LogP contribution in [0.1, 0.15) is 37.8 Å². The first-order valence-corrected chi connectivity index (χ1v) is 32.2. The zero-order valence-electron chi connectivity index (χ0n) is 40.6. The molecule has 0 fully saturated rings. The van der Waals surface area contributed by atoms with E-state index in [4.69, 9.17) is 17.0 Å². The summed E-state index contributed by atoms with van der Waals surface area (Å²) in [6.07, 6.45) is 4.63. The van der Waals surface area contributed by atoms with Gasteiger partial charge in [0, 0.05) is 0 Å². The van der Waals surface area contributed by atoms with E-state index in [0.29, 0.717) is 0 Å². The zero-order valence-corrected chi connectivity index (χ0v) is 45.6. The molecule has 72 heavy (non-hydrogen) atoms. The molecule has 0 N–H and O–H groups in total. The van der Waals surface area contributed by atoms with Gasteiger partial charge in [0.1, 0.15) is 0 Å². The van der Waals surface area contributed by atoms with Gasteiger partial charge in [0.2, 0.25) is 0 Å². The predicted octanol–water partition coefficient (Wildman–Crippen LogP) is 18.5. The molecule has 1 heterocycles. The number of aryl methyl sites for hydroxylation is 2. The third-order valence-corrected chi connectivity index (χ3v) is 15.0. The van der Waals surface area contributed by atoms with E-state index < -0.39 is 20.8 Å². The Kier molecular flexibility index (Phi) is 16.0. The molecular weight excluding hydrogens is 1010 g/mol. The maximum Gasteiger partial charge on any atom is 0.0920 e. The second-order valence-electron chi connectivity index (χ2n) is 18.2. The molecule has 0 aromatic heterocycles. The Hall–Kier alpha value is -6.38. The molecule has 1 aliphatic rings. The summed E-state index contributed by atoms with van der Waals surface area (Å²) >= 11 is -0.826. The summed E-state index contributed by atoms with van der Waals surface area (Å²) in [5.74, 6) is 0. The topological polar surface area (TPSA) is 0 Å². The average Bonchev–Trinajstić information content (AvgIpc) is 4.16. The SMILES string of the molecule is CCCc1cc2c(-c3ccccc3-c3cccc4ccccc34)cccc2[cH-]1.CCCc1cc2c(-c3ccccc3-c3cccc4ccccc34)cccc2[cH-]1.[Cl][Zr][Cl].[c-]1cccc2c1[Si]c1ccccc1-2. The van der Waals surface area contributed by atoms with Crippen LogP contribution in [0.25, 0.3) is 98.7 Å². The van der Waals surface area contributed by atoms with Crippen molar-refractivity contribution >= 4 is 80.0 Å². The predicted molar refractivity (Wildman–Crippen MR) is 311 cm³/mol. The molecule has 13 rings (SSSR count). The van der Waals surface area contributed by atoms with E-state index in [1.165, 1.54) is 133 Å². The fourth-order valence-electron chi connectivity index (χ4n) is 10.5. The van der Waals surface area contributed by atoms with E-state index in [1.807, 2.05) is 6.07 Å². The van der Waals surface area contributed by atoms with Gasteiger partial charge in [-0.2, -0.15) is 41.6 Å². The van der Waals surface area contributed by atoms with E-state index in [9.17, 15) is 0 Å². The molecule has 0 saturated heterocycles. The molecule has 350 valence electrons. The molecule has 0 saturated carbocycles. The molecule has 12 aromatic rings. The van der Waals surface area contributed by atoms with Gasteiger partial charge in [-0.05, 0) is 67.8 Å². The van der Waals surface area contributed by atoms with Crippen molar-refractivity contribution in [1.82, 2.24) is 0 Å². The van der Waals surface area contributed by atoms with Crippen molar-refractivity contribution in [3.63, 3.8) is 0 Å². The van der Waals surface area contributed by atoms with Gasteiger partial charge in [-0.1, -0.05) is 218 Å². The molecule has 0 amide bonds. The van der Waals surface area contributed by atoms with Crippen molar-refractivity contribution in [2.24, 2.45) is 0 Å². The minimum atomic E-state index is -0.826. The number of hydrogen-bond donors (Lipinski definition) is 0.